The quantitative estimate of drug-likeness (QED) is 0.410. The van der Waals surface area contributed by atoms with E-state index in [4.69, 9.17) is 0 Å². The maximum atomic E-state index is 12.9. The molecule has 6 heteroatoms. The normalized spacial score (nSPS) is 13.0. The van der Waals surface area contributed by atoms with Gasteiger partial charge < -0.3 is 14.4 Å². The van der Waals surface area contributed by atoms with Crippen molar-refractivity contribution >= 4 is 28.1 Å². The molecule has 1 aliphatic rings. The number of hydrogen-bond acceptors (Lipinski definition) is 5. The summed E-state index contributed by atoms with van der Waals surface area (Å²) in [7, 11) is 5.82. The van der Waals surface area contributed by atoms with Crippen LogP contribution in [-0.4, -0.2) is 30.2 Å². The Hall–Kier alpha value is -4.11. The Morgan fingerprint density at radius 2 is 1.68 bits per heavy atom. The third-order valence-corrected chi connectivity index (χ3v) is 6.47. The summed E-state index contributed by atoms with van der Waals surface area (Å²) in [5.74, 6) is 0.582. The summed E-state index contributed by atoms with van der Waals surface area (Å²) in [4.78, 5) is 21.8. The molecule has 0 bridgehead atoms. The maximum absolute atomic E-state index is 12.9. The summed E-state index contributed by atoms with van der Waals surface area (Å²) < 4.78 is 1.59. The van der Waals surface area contributed by atoms with Crippen molar-refractivity contribution in [2.75, 3.05) is 30.4 Å². The molecule has 0 saturated heterocycles. The fourth-order valence-corrected chi connectivity index (χ4v) is 4.30. The molecule has 1 fully saturated rings. The summed E-state index contributed by atoms with van der Waals surface area (Å²) in [6.07, 6.45) is 2.36. The zero-order valence-corrected chi connectivity index (χ0v) is 19.7. The van der Waals surface area contributed by atoms with Crippen molar-refractivity contribution in [3.63, 3.8) is 0 Å². The molecule has 0 amide bonds. The van der Waals surface area contributed by atoms with Gasteiger partial charge in [-0.05, 0) is 66.3 Å². The van der Waals surface area contributed by atoms with E-state index in [1.807, 2.05) is 20.2 Å². The summed E-state index contributed by atoms with van der Waals surface area (Å²) in [5.41, 5.74) is 6.79. The largest absolute Gasteiger partial charge is 0.378 e. The van der Waals surface area contributed by atoms with E-state index < -0.39 is 0 Å². The van der Waals surface area contributed by atoms with Crippen molar-refractivity contribution in [2.24, 2.45) is 13.0 Å². The molecule has 0 aliphatic heterocycles. The van der Waals surface area contributed by atoms with E-state index in [9.17, 15) is 10.1 Å². The van der Waals surface area contributed by atoms with Gasteiger partial charge in [-0.2, -0.15) is 5.26 Å². The van der Waals surface area contributed by atoms with Crippen LogP contribution in [0.3, 0.4) is 0 Å². The average Bonchev–Trinajstić information content (AvgIpc) is 3.69. The Labute approximate surface area is 199 Å². The number of rotatable bonds is 6. The molecule has 2 aromatic carbocycles. The topological polar surface area (TPSA) is 65.2 Å². The van der Waals surface area contributed by atoms with Crippen LogP contribution in [0.4, 0.5) is 17.1 Å². The highest BCUT2D eigenvalue weighted by Gasteiger charge is 2.27. The first-order chi connectivity index (χ1) is 16.4. The van der Waals surface area contributed by atoms with E-state index >= 15 is 0 Å². The lowest BCUT2D eigenvalue weighted by atomic mass is 10.0. The number of pyridine rings is 2. The van der Waals surface area contributed by atoms with Gasteiger partial charge >= 0.3 is 0 Å². The van der Waals surface area contributed by atoms with Crippen LogP contribution in [0.5, 0.6) is 0 Å². The Kier molecular flexibility index (Phi) is 5.54. The molecular weight excluding hydrogens is 422 g/mol. The van der Waals surface area contributed by atoms with Crippen LogP contribution >= 0.6 is 0 Å². The summed E-state index contributed by atoms with van der Waals surface area (Å²) in [6.45, 7) is 0.807. The second kappa shape index (κ2) is 8.68. The van der Waals surface area contributed by atoms with E-state index in [-0.39, 0.29) is 5.56 Å². The van der Waals surface area contributed by atoms with Gasteiger partial charge in [-0.25, -0.2) is 4.98 Å². The first kappa shape index (κ1) is 21.7. The molecule has 2 heterocycles. The molecule has 0 spiro atoms. The standard InChI is InChI=1S/C28H27N5O/c1-31(2)23-8-4-6-20(14-23)21-7-5-9-24(15-21)33(18-19-10-11-19)26-16-27(34)32(3)25-13-12-22(17-29)30-28(25)26/h4-9,12-16,19H,10-11,18H2,1-3H3. The Bertz CT molecular complexity index is 1480. The molecule has 6 nitrogen and oxygen atoms in total. The molecule has 4 aromatic rings. The number of nitrogens with zero attached hydrogens (tertiary/aromatic N) is 5. The Morgan fingerprint density at radius 3 is 2.32 bits per heavy atom. The van der Waals surface area contributed by atoms with E-state index in [1.54, 1.807) is 23.7 Å². The van der Waals surface area contributed by atoms with Gasteiger partial charge in [0.05, 0.1) is 11.2 Å². The Balaban J connectivity index is 1.67. The molecule has 1 aliphatic carbocycles. The van der Waals surface area contributed by atoms with Crippen molar-refractivity contribution in [3.05, 3.63) is 82.8 Å². The van der Waals surface area contributed by atoms with Gasteiger partial charge in [0, 0.05) is 45.1 Å². The van der Waals surface area contributed by atoms with Gasteiger partial charge in [0.1, 0.15) is 17.3 Å². The number of aryl methyl sites for hydroxylation is 1. The minimum absolute atomic E-state index is 0.0929. The molecule has 0 atom stereocenters. The van der Waals surface area contributed by atoms with Crippen molar-refractivity contribution in [3.8, 4) is 17.2 Å². The lowest BCUT2D eigenvalue weighted by Crippen LogP contribution is -2.25. The number of hydrogen-bond donors (Lipinski definition) is 0. The minimum atomic E-state index is -0.0929. The fourth-order valence-electron chi connectivity index (χ4n) is 4.30. The van der Waals surface area contributed by atoms with Crippen LogP contribution < -0.4 is 15.4 Å². The van der Waals surface area contributed by atoms with Crippen molar-refractivity contribution in [1.29, 1.82) is 5.26 Å². The second-order valence-corrected chi connectivity index (χ2v) is 9.15. The van der Waals surface area contributed by atoms with Crippen LogP contribution in [0.15, 0.2) is 71.5 Å². The van der Waals surface area contributed by atoms with Gasteiger partial charge in [0.15, 0.2) is 0 Å². The SMILES string of the molecule is CN(C)c1cccc(-c2cccc(N(CC3CC3)c3cc(=O)n(C)c4ccc(C#N)nc34)c2)c1. The molecule has 0 unspecified atom stereocenters. The molecule has 0 radical (unpaired) electrons. The van der Waals surface area contributed by atoms with Gasteiger partial charge in [0.25, 0.3) is 5.56 Å². The highest BCUT2D eigenvalue weighted by atomic mass is 16.1. The van der Waals surface area contributed by atoms with Crippen LogP contribution in [0.2, 0.25) is 0 Å². The van der Waals surface area contributed by atoms with Crippen molar-refractivity contribution < 1.29 is 0 Å². The van der Waals surface area contributed by atoms with Crippen molar-refractivity contribution in [2.45, 2.75) is 12.8 Å². The van der Waals surface area contributed by atoms with Gasteiger partial charge in [-0.3, -0.25) is 4.79 Å². The fraction of sp³-hybridized carbons (Fsp3) is 0.250. The third-order valence-electron chi connectivity index (χ3n) is 6.47. The minimum Gasteiger partial charge on any atom is -0.378 e. The van der Waals surface area contributed by atoms with Crippen molar-refractivity contribution in [1.82, 2.24) is 9.55 Å². The van der Waals surface area contributed by atoms with Crippen LogP contribution in [0.25, 0.3) is 22.2 Å². The number of benzene rings is 2. The zero-order chi connectivity index (χ0) is 23.8. The first-order valence-electron chi connectivity index (χ1n) is 11.5. The number of fused-ring (bicyclic) bond motifs is 1. The first-order valence-corrected chi connectivity index (χ1v) is 11.5. The van der Waals surface area contributed by atoms with Gasteiger partial charge in [0.2, 0.25) is 0 Å². The number of nitriles is 1. The summed E-state index contributed by atoms with van der Waals surface area (Å²) in [5, 5.41) is 9.45. The lowest BCUT2D eigenvalue weighted by Gasteiger charge is -2.27. The van der Waals surface area contributed by atoms with Crippen LogP contribution in [0.1, 0.15) is 18.5 Å². The number of anilines is 3. The highest BCUT2D eigenvalue weighted by molar-refractivity contribution is 5.91. The van der Waals surface area contributed by atoms with E-state index in [2.05, 4.69) is 69.4 Å². The van der Waals surface area contributed by atoms with E-state index in [0.717, 1.165) is 40.3 Å². The monoisotopic (exact) mass is 449 g/mol. The molecular formula is C28H27N5O. The predicted octanol–water partition coefficient (Wildman–Crippen LogP) is 5.09. The zero-order valence-electron chi connectivity index (χ0n) is 19.7. The third kappa shape index (κ3) is 4.13. The summed E-state index contributed by atoms with van der Waals surface area (Å²) >= 11 is 0. The lowest BCUT2D eigenvalue weighted by molar-refractivity contribution is 0.811. The Morgan fingerprint density at radius 1 is 1.00 bits per heavy atom. The molecule has 5 rings (SSSR count). The highest BCUT2D eigenvalue weighted by Crippen LogP contribution is 2.38. The van der Waals surface area contributed by atoms with Crippen LogP contribution in [0, 0.1) is 17.2 Å². The molecule has 34 heavy (non-hydrogen) atoms. The van der Waals surface area contributed by atoms with Crippen LogP contribution in [-0.2, 0) is 7.05 Å². The molecule has 0 N–H and O–H groups in total. The smallest absolute Gasteiger partial charge is 0.252 e. The molecule has 170 valence electrons. The average molecular weight is 450 g/mol. The predicted molar refractivity (Wildman–Crippen MR) is 138 cm³/mol. The van der Waals surface area contributed by atoms with Gasteiger partial charge in [-0.1, -0.05) is 24.3 Å². The maximum Gasteiger partial charge on any atom is 0.252 e. The van der Waals surface area contributed by atoms with E-state index in [1.165, 1.54) is 12.8 Å². The second-order valence-electron chi connectivity index (χ2n) is 9.15. The molecule has 2 aromatic heterocycles. The molecule has 1 saturated carbocycles. The van der Waals surface area contributed by atoms with E-state index in [0.29, 0.717) is 17.1 Å². The number of aromatic nitrogens is 2. The van der Waals surface area contributed by atoms with Gasteiger partial charge in [-0.15, -0.1) is 0 Å². The summed E-state index contributed by atoms with van der Waals surface area (Å²) in [6, 6.07) is 24.2.